The molecule has 0 spiro atoms. The number of hydrogen-bond donors (Lipinski definition) is 0. The van der Waals surface area contributed by atoms with Crippen LogP contribution in [0, 0.1) is 31.1 Å². The van der Waals surface area contributed by atoms with Crippen LogP contribution in [0.25, 0.3) is 11.1 Å². The van der Waals surface area contributed by atoms with Gasteiger partial charge in [-0.3, -0.25) is 0 Å². The summed E-state index contributed by atoms with van der Waals surface area (Å²) in [5, 5.41) is 10.2. The quantitative estimate of drug-likeness (QED) is 0.652. The highest BCUT2D eigenvalue weighted by atomic mass is 31.0. The smallest absolute Gasteiger partial charge is 0.100 e. The lowest BCUT2D eigenvalue weighted by atomic mass is 9.79. The van der Waals surface area contributed by atoms with E-state index in [1.807, 2.05) is 6.92 Å². The number of hydrogen-bond acceptors (Lipinski definition) is 1. The molecule has 0 N–H and O–H groups in total. The van der Waals surface area contributed by atoms with Crippen molar-refractivity contribution in [2.24, 2.45) is 5.92 Å². The first kappa shape index (κ1) is 17.2. The molecule has 0 radical (unpaired) electrons. The number of benzene rings is 2. The zero-order chi connectivity index (χ0) is 17.3. The van der Waals surface area contributed by atoms with Gasteiger partial charge in [0.05, 0.1) is 5.56 Å². The average Bonchev–Trinajstić information content (AvgIpc) is 2.55. The molecule has 2 aromatic rings. The summed E-state index contributed by atoms with van der Waals surface area (Å²) in [4.78, 5) is 0. The number of nitrogens with zero attached hydrogens (tertiary/aromatic N) is 1. The van der Waals surface area contributed by atoms with Gasteiger partial charge >= 0.3 is 0 Å². The van der Waals surface area contributed by atoms with Gasteiger partial charge < -0.3 is 0 Å². The van der Waals surface area contributed by atoms with E-state index in [0.717, 1.165) is 28.3 Å². The van der Waals surface area contributed by atoms with Crippen LogP contribution in [-0.2, 0) is 0 Å². The summed E-state index contributed by atoms with van der Waals surface area (Å²) in [5.74, 6) is 1.62. The summed E-state index contributed by atoms with van der Waals surface area (Å²) in [5.41, 5.74) is 7.13. The van der Waals surface area contributed by atoms with E-state index < -0.39 is 0 Å². The van der Waals surface area contributed by atoms with Crippen LogP contribution in [0.1, 0.15) is 60.8 Å². The van der Waals surface area contributed by atoms with E-state index in [2.05, 4.69) is 59.5 Å². The van der Waals surface area contributed by atoms with Gasteiger partial charge in [-0.2, -0.15) is 5.26 Å². The number of rotatable bonds is 2. The van der Waals surface area contributed by atoms with Gasteiger partial charge in [0.25, 0.3) is 0 Å². The van der Waals surface area contributed by atoms with E-state index in [1.165, 1.54) is 47.9 Å². The summed E-state index contributed by atoms with van der Waals surface area (Å²) >= 11 is 0. The fraction of sp³-hybridized carbons (Fsp3) is 0.409. The van der Waals surface area contributed by atoms with E-state index in [4.69, 9.17) is 0 Å². The predicted molar refractivity (Wildman–Crippen MR) is 106 cm³/mol. The van der Waals surface area contributed by atoms with Crippen molar-refractivity contribution in [3.63, 3.8) is 0 Å². The molecule has 0 heterocycles. The molecule has 1 saturated carbocycles. The minimum atomic E-state index is 0.731. The van der Waals surface area contributed by atoms with Gasteiger partial charge in [-0.25, -0.2) is 0 Å². The Kier molecular flexibility index (Phi) is 5.07. The van der Waals surface area contributed by atoms with Crippen molar-refractivity contribution in [2.75, 3.05) is 0 Å². The molecule has 1 aliphatic carbocycles. The van der Waals surface area contributed by atoms with Crippen LogP contribution in [0.4, 0.5) is 0 Å². The molecular weight excluding hydrogens is 309 g/mol. The van der Waals surface area contributed by atoms with Crippen LogP contribution in [-0.4, -0.2) is 0 Å². The molecule has 1 atom stereocenters. The average molecular weight is 335 g/mol. The highest BCUT2D eigenvalue weighted by molar-refractivity contribution is 7.27. The minimum Gasteiger partial charge on any atom is -0.192 e. The van der Waals surface area contributed by atoms with E-state index in [9.17, 15) is 5.26 Å². The van der Waals surface area contributed by atoms with Gasteiger partial charge in [0.15, 0.2) is 0 Å². The standard InChI is InChI=1S/C22H26NP/c1-14-4-6-17(7-5-14)18-8-9-20(15(2)10-18)19-11-16(3)21(13-23)22(24)12-19/h8-12,14,17H,4-7,24H2,1-3H3. The molecule has 1 aliphatic rings. The van der Waals surface area contributed by atoms with Gasteiger partial charge in [-0.05, 0) is 77.7 Å². The molecule has 0 aliphatic heterocycles. The zero-order valence-electron chi connectivity index (χ0n) is 14.9. The summed E-state index contributed by atoms with van der Waals surface area (Å²) in [6.07, 6.45) is 5.37. The highest BCUT2D eigenvalue weighted by Gasteiger charge is 2.20. The summed E-state index contributed by atoms with van der Waals surface area (Å²) in [6, 6.07) is 13.5. The van der Waals surface area contributed by atoms with Crippen LogP contribution in [0.2, 0.25) is 0 Å². The molecule has 0 aromatic heterocycles. The normalized spacial score (nSPS) is 20.6. The molecule has 0 amide bonds. The Morgan fingerprint density at radius 3 is 2.29 bits per heavy atom. The lowest BCUT2D eigenvalue weighted by Gasteiger charge is -2.27. The maximum absolute atomic E-state index is 9.25. The van der Waals surface area contributed by atoms with Crippen molar-refractivity contribution >= 4 is 14.5 Å². The van der Waals surface area contributed by atoms with Crippen molar-refractivity contribution in [3.8, 4) is 17.2 Å². The summed E-state index contributed by atoms with van der Waals surface area (Å²) < 4.78 is 0. The zero-order valence-corrected chi connectivity index (χ0v) is 16.0. The van der Waals surface area contributed by atoms with Gasteiger partial charge in [0, 0.05) is 0 Å². The van der Waals surface area contributed by atoms with Crippen LogP contribution in [0.3, 0.4) is 0 Å². The molecule has 124 valence electrons. The molecule has 1 unspecified atom stereocenters. The maximum Gasteiger partial charge on any atom is 0.100 e. The molecular formula is C22H26NP. The second-order valence-electron chi connectivity index (χ2n) is 7.40. The Hall–Kier alpha value is -1.64. The Morgan fingerprint density at radius 1 is 1.00 bits per heavy atom. The van der Waals surface area contributed by atoms with Gasteiger partial charge in [-0.15, -0.1) is 9.24 Å². The first-order valence-corrected chi connectivity index (χ1v) is 9.48. The molecule has 2 heteroatoms. The van der Waals surface area contributed by atoms with Crippen molar-refractivity contribution in [2.45, 2.75) is 52.4 Å². The highest BCUT2D eigenvalue weighted by Crippen LogP contribution is 2.37. The molecule has 2 aromatic carbocycles. The largest absolute Gasteiger partial charge is 0.192 e. The van der Waals surface area contributed by atoms with Crippen LogP contribution < -0.4 is 5.30 Å². The van der Waals surface area contributed by atoms with Gasteiger partial charge in [-0.1, -0.05) is 44.0 Å². The Balaban J connectivity index is 1.92. The molecule has 1 nitrogen and oxygen atoms in total. The fourth-order valence-electron chi connectivity index (χ4n) is 3.98. The van der Waals surface area contributed by atoms with Gasteiger partial charge in [0.2, 0.25) is 0 Å². The number of aryl methyl sites for hydroxylation is 2. The lowest BCUT2D eigenvalue weighted by Crippen LogP contribution is -2.11. The summed E-state index contributed by atoms with van der Waals surface area (Å²) in [7, 11) is 2.70. The topological polar surface area (TPSA) is 23.8 Å². The monoisotopic (exact) mass is 335 g/mol. The molecule has 1 fully saturated rings. The first-order valence-electron chi connectivity index (χ1n) is 8.90. The first-order chi connectivity index (χ1) is 11.5. The van der Waals surface area contributed by atoms with Crippen LogP contribution >= 0.6 is 9.24 Å². The lowest BCUT2D eigenvalue weighted by molar-refractivity contribution is 0.348. The van der Waals surface area contributed by atoms with Gasteiger partial charge in [0.1, 0.15) is 6.07 Å². The molecule has 3 rings (SSSR count). The second kappa shape index (κ2) is 7.08. The van der Waals surface area contributed by atoms with E-state index in [1.54, 1.807) is 0 Å². The summed E-state index contributed by atoms with van der Waals surface area (Å²) in [6.45, 7) is 6.60. The third-order valence-corrected chi connectivity index (χ3v) is 5.98. The van der Waals surface area contributed by atoms with E-state index in [-0.39, 0.29) is 0 Å². The second-order valence-corrected chi connectivity index (χ2v) is 8.02. The van der Waals surface area contributed by atoms with Crippen molar-refractivity contribution < 1.29 is 0 Å². The Bertz CT molecular complexity index is 769. The van der Waals surface area contributed by atoms with Crippen LogP contribution in [0.15, 0.2) is 30.3 Å². The Morgan fingerprint density at radius 2 is 1.71 bits per heavy atom. The van der Waals surface area contributed by atoms with Crippen molar-refractivity contribution in [3.05, 3.63) is 52.6 Å². The number of nitriles is 1. The fourth-order valence-corrected chi connectivity index (χ4v) is 4.45. The maximum atomic E-state index is 9.25. The Labute approximate surface area is 148 Å². The van der Waals surface area contributed by atoms with E-state index >= 15 is 0 Å². The minimum absolute atomic E-state index is 0.731. The molecule has 24 heavy (non-hydrogen) atoms. The SMILES string of the molecule is Cc1cc(C2CCC(C)CC2)ccc1-c1cc(C)c(C#N)c(P)c1. The van der Waals surface area contributed by atoms with E-state index in [0.29, 0.717) is 0 Å². The van der Waals surface area contributed by atoms with Crippen molar-refractivity contribution in [1.82, 2.24) is 0 Å². The third-order valence-electron chi connectivity index (χ3n) is 5.53. The third kappa shape index (κ3) is 3.40. The molecule has 0 bridgehead atoms. The van der Waals surface area contributed by atoms with Crippen LogP contribution in [0.5, 0.6) is 0 Å². The predicted octanol–water partition coefficient (Wildman–Crippen LogP) is 5.64. The molecule has 0 saturated heterocycles. The van der Waals surface area contributed by atoms with Crippen molar-refractivity contribution in [1.29, 1.82) is 5.26 Å².